The van der Waals surface area contributed by atoms with Crippen molar-refractivity contribution in [3.63, 3.8) is 0 Å². The Morgan fingerprint density at radius 3 is 2.72 bits per heavy atom. The third-order valence-corrected chi connectivity index (χ3v) is 5.90. The van der Waals surface area contributed by atoms with Gasteiger partial charge in [-0.2, -0.15) is 0 Å². The molecule has 1 N–H and O–H groups in total. The summed E-state index contributed by atoms with van der Waals surface area (Å²) < 4.78 is 21.6. The van der Waals surface area contributed by atoms with Gasteiger partial charge in [0.2, 0.25) is 0 Å². The van der Waals surface area contributed by atoms with E-state index >= 15 is 0 Å². The molecule has 2 saturated heterocycles. The molecule has 6 atom stereocenters. The van der Waals surface area contributed by atoms with Crippen molar-refractivity contribution in [1.29, 1.82) is 0 Å². The van der Waals surface area contributed by atoms with Crippen LogP contribution in [0.2, 0.25) is 0 Å². The Balaban J connectivity index is 2.05. The van der Waals surface area contributed by atoms with Gasteiger partial charge in [0.15, 0.2) is 6.10 Å². The molecule has 0 saturated carbocycles. The first-order chi connectivity index (χ1) is 13.6. The van der Waals surface area contributed by atoms with Gasteiger partial charge in [0.1, 0.15) is 18.3 Å². The molecule has 8 nitrogen and oxygen atoms in total. The zero-order chi connectivity index (χ0) is 21.5. The first kappa shape index (κ1) is 21.3. The highest BCUT2D eigenvalue weighted by molar-refractivity contribution is 5.93. The number of rotatable bonds is 3. The summed E-state index contributed by atoms with van der Waals surface area (Å²) in [5, 5.41) is 11.2. The van der Waals surface area contributed by atoms with E-state index in [1.54, 1.807) is 26.0 Å². The van der Waals surface area contributed by atoms with Gasteiger partial charge in [-0.1, -0.05) is 18.7 Å². The molecule has 0 amide bonds. The maximum absolute atomic E-state index is 12.5. The molecule has 2 fully saturated rings. The number of hydrogen-bond donors (Lipinski definition) is 1. The average molecular weight is 406 g/mol. The van der Waals surface area contributed by atoms with Crippen molar-refractivity contribution in [1.82, 2.24) is 0 Å². The number of ether oxygens (including phenoxy) is 4. The summed E-state index contributed by atoms with van der Waals surface area (Å²) in [6.07, 6.45) is 0.120. The van der Waals surface area contributed by atoms with Crippen LogP contribution in [0.4, 0.5) is 0 Å². The summed E-state index contributed by atoms with van der Waals surface area (Å²) in [4.78, 5) is 37.1. The van der Waals surface area contributed by atoms with Crippen molar-refractivity contribution in [3.05, 3.63) is 35.5 Å². The van der Waals surface area contributed by atoms with Crippen LogP contribution in [0.25, 0.3) is 0 Å². The molecule has 3 aliphatic rings. The van der Waals surface area contributed by atoms with Gasteiger partial charge in [-0.05, 0) is 33.6 Å². The molecule has 2 aliphatic heterocycles. The molecule has 0 aromatic carbocycles. The Morgan fingerprint density at radius 1 is 1.41 bits per heavy atom. The molecular formula is C21H26O8. The highest BCUT2D eigenvalue weighted by Gasteiger charge is 2.64. The molecule has 0 aromatic rings. The van der Waals surface area contributed by atoms with Gasteiger partial charge in [0, 0.05) is 11.1 Å². The summed E-state index contributed by atoms with van der Waals surface area (Å²) in [6.45, 7) is 8.86. The van der Waals surface area contributed by atoms with Crippen LogP contribution in [0.1, 0.15) is 33.6 Å². The summed E-state index contributed by atoms with van der Waals surface area (Å²) >= 11 is 0. The second kappa shape index (κ2) is 7.76. The van der Waals surface area contributed by atoms with Crippen molar-refractivity contribution in [3.8, 4) is 0 Å². The molecule has 2 heterocycles. The maximum Gasteiger partial charge on any atom is 0.337 e. The SMILES string of the molecule is C=C1C(=O)O[C@H]2[C@H]1[C@H](O)[C@@H](OC(=O)/C(C)=C\C)/C(C(=O)OC)=C\CC[C@@]1(C)O[C@H]21. The van der Waals surface area contributed by atoms with Crippen molar-refractivity contribution >= 4 is 17.9 Å². The number of allylic oxidation sites excluding steroid dienone is 2. The first-order valence-corrected chi connectivity index (χ1v) is 9.52. The molecule has 3 rings (SSSR count). The molecule has 158 valence electrons. The van der Waals surface area contributed by atoms with Crippen LogP contribution in [0.5, 0.6) is 0 Å². The average Bonchev–Trinajstić information content (AvgIpc) is 3.28. The molecule has 0 unspecified atom stereocenters. The second-order valence-electron chi connectivity index (χ2n) is 7.75. The molecule has 0 aromatic heterocycles. The van der Waals surface area contributed by atoms with Crippen LogP contribution >= 0.6 is 0 Å². The van der Waals surface area contributed by atoms with E-state index in [0.29, 0.717) is 18.4 Å². The van der Waals surface area contributed by atoms with E-state index in [2.05, 4.69) is 6.58 Å². The molecule has 0 spiro atoms. The number of fused-ring (bicyclic) bond motifs is 3. The lowest BCUT2D eigenvalue weighted by Crippen LogP contribution is -2.46. The van der Waals surface area contributed by atoms with Crippen LogP contribution in [-0.4, -0.2) is 60.1 Å². The largest absolute Gasteiger partial charge is 0.466 e. The van der Waals surface area contributed by atoms with E-state index in [1.165, 1.54) is 7.11 Å². The van der Waals surface area contributed by atoms with Crippen molar-refractivity contribution in [2.45, 2.75) is 63.6 Å². The van der Waals surface area contributed by atoms with Crippen molar-refractivity contribution in [2.75, 3.05) is 7.11 Å². The van der Waals surface area contributed by atoms with E-state index in [-0.39, 0.29) is 11.1 Å². The fourth-order valence-electron chi connectivity index (χ4n) is 3.91. The Labute approximate surface area is 169 Å². The van der Waals surface area contributed by atoms with Gasteiger partial charge < -0.3 is 24.1 Å². The number of carbonyl (C=O) groups is 3. The monoisotopic (exact) mass is 406 g/mol. The van der Waals surface area contributed by atoms with Crippen LogP contribution in [0, 0.1) is 5.92 Å². The van der Waals surface area contributed by atoms with Gasteiger partial charge in [-0.3, -0.25) is 0 Å². The van der Waals surface area contributed by atoms with E-state index in [1.807, 2.05) is 6.92 Å². The van der Waals surface area contributed by atoms with Gasteiger partial charge in [-0.25, -0.2) is 14.4 Å². The zero-order valence-corrected chi connectivity index (χ0v) is 17.0. The number of hydrogen-bond acceptors (Lipinski definition) is 8. The molecule has 29 heavy (non-hydrogen) atoms. The van der Waals surface area contributed by atoms with E-state index < -0.39 is 53.8 Å². The summed E-state index contributed by atoms with van der Waals surface area (Å²) in [7, 11) is 1.20. The molecule has 8 heteroatoms. The standard InChI is InChI=1S/C21H26O8/c1-6-10(2)18(23)27-15-12(20(25)26-5)8-7-9-21(4)17(29-21)16-13(14(15)22)11(3)19(24)28-16/h6,8,13-17,22H,3,7,9H2,1-2,4-5H3/b10-6-,12-8+/t13-,14+,15+,16+,17-,21-/m1/s1. The normalized spacial score (nSPS) is 38.7. The van der Waals surface area contributed by atoms with Crippen LogP contribution in [0.15, 0.2) is 35.5 Å². The van der Waals surface area contributed by atoms with E-state index in [4.69, 9.17) is 18.9 Å². The predicted molar refractivity (Wildman–Crippen MR) is 100 cm³/mol. The van der Waals surface area contributed by atoms with E-state index in [9.17, 15) is 19.5 Å². The smallest absolute Gasteiger partial charge is 0.337 e. The fourth-order valence-corrected chi connectivity index (χ4v) is 3.91. The van der Waals surface area contributed by atoms with Crippen LogP contribution < -0.4 is 0 Å². The number of esters is 3. The predicted octanol–water partition coefficient (Wildman–Crippen LogP) is 1.37. The summed E-state index contributed by atoms with van der Waals surface area (Å²) in [6, 6.07) is 0. The third kappa shape index (κ3) is 3.74. The Kier molecular flexibility index (Phi) is 5.69. The number of aliphatic hydroxyl groups excluding tert-OH is 1. The minimum Gasteiger partial charge on any atom is -0.466 e. The second-order valence-corrected chi connectivity index (χ2v) is 7.75. The van der Waals surface area contributed by atoms with Gasteiger partial charge in [0.05, 0.1) is 24.2 Å². The molecule has 0 bridgehead atoms. The minimum absolute atomic E-state index is 0.00542. The van der Waals surface area contributed by atoms with Crippen molar-refractivity contribution in [2.24, 2.45) is 5.92 Å². The summed E-state index contributed by atoms with van der Waals surface area (Å²) in [5.41, 5.74) is -0.179. The first-order valence-electron chi connectivity index (χ1n) is 9.52. The molecule has 1 aliphatic carbocycles. The Morgan fingerprint density at radius 2 is 2.10 bits per heavy atom. The van der Waals surface area contributed by atoms with Gasteiger partial charge >= 0.3 is 17.9 Å². The number of methoxy groups -OCH3 is 1. The van der Waals surface area contributed by atoms with E-state index in [0.717, 1.165) is 0 Å². The summed E-state index contributed by atoms with van der Waals surface area (Å²) in [5.74, 6) is -2.96. The van der Waals surface area contributed by atoms with Gasteiger partial charge in [-0.15, -0.1) is 0 Å². The number of epoxide rings is 1. The Hall–Kier alpha value is -2.45. The number of aliphatic hydroxyl groups is 1. The lowest BCUT2D eigenvalue weighted by atomic mass is 9.80. The van der Waals surface area contributed by atoms with Gasteiger partial charge in [0.25, 0.3) is 0 Å². The highest BCUT2D eigenvalue weighted by atomic mass is 16.6. The lowest BCUT2D eigenvalue weighted by molar-refractivity contribution is -0.154. The van der Waals surface area contributed by atoms with Crippen LogP contribution in [-0.2, 0) is 33.3 Å². The lowest BCUT2D eigenvalue weighted by Gasteiger charge is -2.31. The molecular weight excluding hydrogens is 380 g/mol. The molecule has 0 radical (unpaired) electrons. The third-order valence-electron chi connectivity index (χ3n) is 5.90. The number of carbonyl (C=O) groups excluding carboxylic acids is 3. The highest BCUT2D eigenvalue weighted by Crippen LogP contribution is 2.50. The maximum atomic E-state index is 12.5. The zero-order valence-electron chi connectivity index (χ0n) is 17.0. The topological polar surface area (TPSA) is 112 Å². The fraction of sp³-hybridized carbons (Fsp3) is 0.571. The van der Waals surface area contributed by atoms with Crippen molar-refractivity contribution < 1.29 is 38.4 Å². The van der Waals surface area contributed by atoms with Crippen LogP contribution in [0.3, 0.4) is 0 Å². The minimum atomic E-state index is -1.45. The quantitative estimate of drug-likeness (QED) is 0.324. The Bertz CT molecular complexity index is 809.